The van der Waals surface area contributed by atoms with Crippen molar-refractivity contribution in [2.45, 2.75) is 38.7 Å². The first-order chi connectivity index (χ1) is 10.5. The Bertz CT molecular complexity index is 349. The van der Waals surface area contributed by atoms with Gasteiger partial charge >= 0.3 is 0 Å². The lowest BCUT2D eigenvalue weighted by Gasteiger charge is -2.16. The van der Waals surface area contributed by atoms with Gasteiger partial charge in [-0.25, -0.2) is 0 Å². The van der Waals surface area contributed by atoms with Gasteiger partial charge in [-0.2, -0.15) is 0 Å². The van der Waals surface area contributed by atoms with Gasteiger partial charge in [0, 0.05) is 39.0 Å². The fraction of sp³-hybridized carbons (Fsp3) is 0.867. The summed E-state index contributed by atoms with van der Waals surface area (Å²) in [5, 5.41) is 17.3. The molecular weight excluding hydrogens is 288 g/mol. The summed E-state index contributed by atoms with van der Waals surface area (Å²) in [5.41, 5.74) is 0. The second kappa shape index (κ2) is 10.5. The van der Waals surface area contributed by atoms with Crippen LogP contribution in [0.15, 0.2) is 0 Å². The normalized spacial score (nSPS) is 19.4. The third kappa shape index (κ3) is 7.20. The minimum atomic E-state index is -0.387. The number of aliphatic hydroxyl groups is 2. The van der Waals surface area contributed by atoms with Crippen LogP contribution in [0.2, 0.25) is 0 Å². The van der Waals surface area contributed by atoms with Crippen LogP contribution in [-0.4, -0.2) is 83.9 Å². The van der Waals surface area contributed by atoms with Gasteiger partial charge in [-0.05, 0) is 19.8 Å². The van der Waals surface area contributed by atoms with E-state index in [1.165, 1.54) is 0 Å². The lowest BCUT2D eigenvalue weighted by Crippen LogP contribution is -2.31. The second-order valence-corrected chi connectivity index (χ2v) is 5.61. The van der Waals surface area contributed by atoms with Crippen LogP contribution in [0.3, 0.4) is 0 Å². The summed E-state index contributed by atoms with van der Waals surface area (Å²) in [5.74, 6) is 0.406. The minimum absolute atomic E-state index is 0.0496. The van der Waals surface area contributed by atoms with E-state index in [9.17, 15) is 9.59 Å². The highest BCUT2D eigenvalue weighted by Crippen LogP contribution is 2.09. The minimum Gasteiger partial charge on any atom is -0.394 e. The fourth-order valence-electron chi connectivity index (χ4n) is 2.50. The number of carbonyl (C=O) groups excluding carboxylic acids is 2. The zero-order valence-electron chi connectivity index (χ0n) is 13.4. The molecule has 2 saturated heterocycles. The molecule has 128 valence electrons. The predicted octanol–water partition coefficient (Wildman–Crippen LogP) is -0.393. The zero-order chi connectivity index (χ0) is 16.4. The van der Waals surface area contributed by atoms with Crippen molar-refractivity contribution in [2.75, 3.05) is 46.0 Å². The smallest absolute Gasteiger partial charge is 0.222 e. The van der Waals surface area contributed by atoms with Crippen LogP contribution in [0.4, 0.5) is 0 Å². The summed E-state index contributed by atoms with van der Waals surface area (Å²) in [6.07, 6.45) is 2.87. The maximum atomic E-state index is 11.1. The lowest BCUT2D eigenvalue weighted by atomic mass is 10.4. The number of aliphatic hydroxyl groups excluding tert-OH is 2. The molecule has 0 spiro atoms. The molecular formula is C15H28N2O5. The Hall–Kier alpha value is -1.18. The number of carbonyl (C=O) groups is 2. The maximum absolute atomic E-state index is 11.1. The molecule has 0 radical (unpaired) electrons. The molecule has 2 fully saturated rings. The number of β-amino-alcohol motifs (C(OH)–C–C–N with tert-alkyl or cyclic N) is 1. The molecule has 2 aliphatic heterocycles. The average molecular weight is 316 g/mol. The Morgan fingerprint density at radius 3 is 2.14 bits per heavy atom. The molecule has 1 atom stereocenters. The Balaban J connectivity index is 0.000000224. The van der Waals surface area contributed by atoms with E-state index in [1.807, 2.05) is 0 Å². The first-order valence-electron chi connectivity index (χ1n) is 7.96. The Kier molecular flexibility index (Phi) is 9.03. The van der Waals surface area contributed by atoms with E-state index in [0.717, 1.165) is 25.9 Å². The van der Waals surface area contributed by atoms with Gasteiger partial charge in [0.15, 0.2) is 0 Å². The highest BCUT2D eigenvalue weighted by Gasteiger charge is 2.20. The van der Waals surface area contributed by atoms with Crippen LogP contribution < -0.4 is 0 Å². The topological polar surface area (TPSA) is 90.3 Å². The number of hydrogen-bond donors (Lipinski definition) is 2. The Morgan fingerprint density at radius 2 is 1.68 bits per heavy atom. The molecule has 0 aromatic carbocycles. The number of hydrogen-bond acceptors (Lipinski definition) is 5. The van der Waals surface area contributed by atoms with Crippen molar-refractivity contribution in [3.63, 3.8) is 0 Å². The van der Waals surface area contributed by atoms with Gasteiger partial charge in [-0.1, -0.05) is 0 Å². The van der Waals surface area contributed by atoms with Crippen LogP contribution in [-0.2, 0) is 14.3 Å². The molecule has 2 N–H and O–H groups in total. The quantitative estimate of drug-likeness (QED) is 0.624. The molecule has 0 bridgehead atoms. The van der Waals surface area contributed by atoms with Crippen LogP contribution in [0.25, 0.3) is 0 Å². The molecule has 7 nitrogen and oxygen atoms in total. The van der Waals surface area contributed by atoms with E-state index in [0.29, 0.717) is 39.1 Å². The number of ether oxygens (including phenoxy) is 1. The molecule has 0 aliphatic carbocycles. The van der Waals surface area contributed by atoms with Crippen LogP contribution in [0.1, 0.15) is 32.6 Å². The molecule has 2 aliphatic rings. The summed E-state index contributed by atoms with van der Waals surface area (Å²) in [6.45, 7) is 5.50. The third-order valence-corrected chi connectivity index (χ3v) is 3.57. The van der Waals surface area contributed by atoms with E-state index in [-0.39, 0.29) is 24.5 Å². The lowest BCUT2D eigenvalue weighted by molar-refractivity contribution is -0.129. The number of rotatable bonds is 7. The van der Waals surface area contributed by atoms with Crippen molar-refractivity contribution in [3.8, 4) is 0 Å². The number of nitrogens with zero attached hydrogens (tertiary/aromatic N) is 2. The standard InChI is InChI=1S/C8H15NO3.C7H13NO2/c10-5-7-12-6-4-9-3-1-2-8(9)11;1-6(9)5-8-4-2-3-7(8)10/h10H,1-7H2;6,9H,2-5H2,1H3. The predicted molar refractivity (Wildman–Crippen MR) is 81.2 cm³/mol. The molecule has 2 heterocycles. The van der Waals surface area contributed by atoms with Crippen LogP contribution in [0.5, 0.6) is 0 Å². The van der Waals surface area contributed by atoms with Crippen molar-refractivity contribution >= 4 is 11.8 Å². The highest BCUT2D eigenvalue weighted by atomic mass is 16.5. The first-order valence-corrected chi connectivity index (χ1v) is 7.96. The van der Waals surface area contributed by atoms with Gasteiger partial charge in [-0.15, -0.1) is 0 Å². The van der Waals surface area contributed by atoms with Gasteiger partial charge in [0.2, 0.25) is 11.8 Å². The summed E-state index contributed by atoms with van der Waals surface area (Å²) < 4.78 is 5.05. The van der Waals surface area contributed by atoms with Gasteiger partial charge in [0.25, 0.3) is 0 Å². The van der Waals surface area contributed by atoms with E-state index < -0.39 is 0 Å². The molecule has 0 aromatic rings. The fourth-order valence-corrected chi connectivity index (χ4v) is 2.50. The van der Waals surface area contributed by atoms with Crippen molar-refractivity contribution < 1.29 is 24.5 Å². The molecule has 0 saturated carbocycles. The van der Waals surface area contributed by atoms with E-state index in [4.69, 9.17) is 14.9 Å². The van der Waals surface area contributed by atoms with Crippen LogP contribution in [0, 0.1) is 0 Å². The van der Waals surface area contributed by atoms with Gasteiger partial charge in [0.1, 0.15) is 0 Å². The SMILES string of the molecule is CC(O)CN1CCCC1=O.O=C1CCCN1CCOCCO. The highest BCUT2D eigenvalue weighted by molar-refractivity contribution is 5.78. The maximum Gasteiger partial charge on any atom is 0.222 e. The average Bonchev–Trinajstić information content (AvgIpc) is 3.05. The van der Waals surface area contributed by atoms with Crippen molar-refractivity contribution in [1.29, 1.82) is 0 Å². The van der Waals surface area contributed by atoms with Gasteiger partial charge in [-0.3, -0.25) is 9.59 Å². The molecule has 2 rings (SSSR count). The van der Waals surface area contributed by atoms with Gasteiger partial charge in [0.05, 0.1) is 25.9 Å². The van der Waals surface area contributed by atoms with Gasteiger partial charge < -0.3 is 24.7 Å². The van der Waals surface area contributed by atoms with Crippen LogP contribution >= 0.6 is 0 Å². The number of likely N-dealkylation sites (tertiary alicyclic amines) is 2. The molecule has 2 amide bonds. The summed E-state index contributed by atoms with van der Waals surface area (Å²) >= 11 is 0. The summed E-state index contributed by atoms with van der Waals surface area (Å²) in [4.78, 5) is 25.5. The zero-order valence-corrected chi connectivity index (χ0v) is 13.4. The Labute approximate surface area is 131 Å². The monoisotopic (exact) mass is 316 g/mol. The second-order valence-electron chi connectivity index (χ2n) is 5.61. The van der Waals surface area contributed by atoms with Crippen molar-refractivity contribution in [1.82, 2.24) is 9.80 Å². The largest absolute Gasteiger partial charge is 0.394 e. The molecule has 7 heteroatoms. The van der Waals surface area contributed by atoms with E-state index >= 15 is 0 Å². The summed E-state index contributed by atoms with van der Waals surface area (Å²) in [7, 11) is 0. The summed E-state index contributed by atoms with van der Waals surface area (Å²) in [6, 6.07) is 0. The molecule has 22 heavy (non-hydrogen) atoms. The Morgan fingerprint density at radius 1 is 1.09 bits per heavy atom. The van der Waals surface area contributed by atoms with E-state index in [2.05, 4.69) is 0 Å². The van der Waals surface area contributed by atoms with E-state index in [1.54, 1.807) is 16.7 Å². The first kappa shape index (κ1) is 18.9. The number of amides is 2. The van der Waals surface area contributed by atoms with Crippen molar-refractivity contribution in [3.05, 3.63) is 0 Å². The third-order valence-electron chi connectivity index (χ3n) is 3.57. The molecule has 0 aromatic heterocycles. The van der Waals surface area contributed by atoms with Crippen molar-refractivity contribution in [2.24, 2.45) is 0 Å². The molecule has 1 unspecified atom stereocenters.